The highest BCUT2D eigenvalue weighted by atomic mass is 35.5. The zero-order chi connectivity index (χ0) is 18.6. The minimum atomic E-state index is -3.79. The van der Waals surface area contributed by atoms with Crippen molar-refractivity contribution >= 4 is 39.2 Å². The van der Waals surface area contributed by atoms with E-state index in [2.05, 4.69) is 4.72 Å². The van der Waals surface area contributed by atoms with E-state index in [1.54, 1.807) is 18.2 Å². The highest BCUT2D eigenvalue weighted by Crippen LogP contribution is 2.26. The molecular formula is C16H15Cl2NO5S. The van der Waals surface area contributed by atoms with Crippen molar-refractivity contribution in [2.45, 2.75) is 11.5 Å². The molecule has 2 rings (SSSR count). The van der Waals surface area contributed by atoms with Gasteiger partial charge in [-0.15, -0.1) is 0 Å². The van der Waals surface area contributed by atoms with Gasteiger partial charge >= 0.3 is 5.97 Å². The van der Waals surface area contributed by atoms with E-state index in [9.17, 15) is 13.2 Å². The molecule has 6 nitrogen and oxygen atoms in total. The second-order valence-electron chi connectivity index (χ2n) is 4.90. The Morgan fingerprint density at radius 3 is 2.44 bits per heavy atom. The topological polar surface area (TPSA) is 81.7 Å². The number of ether oxygens (including phenoxy) is 2. The van der Waals surface area contributed by atoms with Crippen LogP contribution in [-0.2, 0) is 21.4 Å². The number of rotatable bonds is 6. The Morgan fingerprint density at radius 2 is 1.84 bits per heavy atom. The molecule has 0 aliphatic heterocycles. The van der Waals surface area contributed by atoms with Crippen LogP contribution in [0.5, 0.6) is 5.75 Å². The van der Waals surface area contributed by atoms with E-state index in [1.807, 2.05) is 0 Å². The molecule has 0 aliphatic carbocycles. The number of hydrogen-bond donors (Lipinski definition) is 1. The van der Waals surface area contributed by atoms with Gasteiger partial charge in [-0.3, -0.25) is 0 Å². The summed E-state index contributed by atoms with van der Waals surface area (Å²) in [7, 11) is -1.18. The molecule has 134 valence electrons. The molecule has 0 saturated carbocycles. The Labute approximate surface area is 155 Å². The van der Waals surface area contributed by atoms with Gasteiger partial charge in [0.15, 0.2) is 0 Å². The zero-order valence-corrected chi connectivity index (χ0v) is 15.7. The first-order chi connectivity index (χ1) is 11.8. The van der Waals surface area contributed by atoms with Crippen LogP contribution < -0.4 is 9.46 Å². The molecule has 0 bridgehead atoms. The summed E-state index contributed by atoms with van der Waals surface area (Å²) in [6, 6.07) is 8.86. The van der Waals surface area contributed by atoms with Gasteiger partial charge in [0.25, 0.3) is 0 Å². The molecule has 0 heterocycles. The molecule has 0 fully saturated rings. The lowest BCUT2D eigenvalue weighted by molar-refractivity contribution is 0.0472. The number of benzene rings is 2. The van der Waals surface area contributed by atoms with Crippen molar-refractivity contribution in [2.75, 3.05) is 14.2 Å². The van der Waals surface area contributed by atoms with Gasteiger partial charge in [-0.05, 0) is 42.9 Å². The number of sulfonamides is 1. The number of nitrogens with one attached hydrogen (secondary N) is 1. The first kappa shape index (κ1) is 19.5. The fourth-order valence-corrected chi connectivity index (χ4v) is 3.22. The van der Waals surface area contributed by atoms with Gasteiger partial charge < -0.3 is 9.47 Å². The molecule has 9 heteroatoms. The van der Waals surface area contributed by atoms with E-state index in [0.717, 1.165) is 0 Å². The van der Waals surface area contributed by atoms with Gasteiger partial charge in [0.2, 0.25) is 10.0 Å². The Balaban J connectivity index is 2.21. The lowest BCUT2D eigenvalue weighted by atomic mass is 10.2. The maximum Gasteiger partial charge on any atom is 0.338 e. The van der Waals surface area contributed by atoms with Crippen molar-refractivity contribution in [3.05, 3.63) is 57.6 Å². The van der Waals surface area contributed by atoms with Crippen molar-refractivity contribution in [2.24, 2.45) is 0 Å². The van der Waals surface area contributed by atoms with Crippen LogP contribution in [0.1, 0.15) is 15.9 Å². The van der Waals surface area contributed by atoms with Gasteiger partial charge in [-0.2, -0.15) is 0 Å². The van der Waals surface area contributed by atoms with Gasteiger partial charge in [0, 0.05) is 0 Å². The quantitative estimate of drug-likeness (QED) is 0.748. The largest absolute Gasteiger partial charge is 0.495 e. The standard InChI is InChI=1S/C16H15Cl2NO5S/c1-19-25(21,22)15-8-11(4-6-14(15)23-2)16(20)24-9-10-3-5-12(17)13(18)7-10/h3-8,19H,9H2,1-2H3. The molecule has 0 amide bonds. The Hall–Kier alpha value is -1.80. The number of carbonyl (C=O) groups is 1. The molecule has 0 atom stereocenters. The van der Waals surface area contributed by atoms with Crippen LogP contribution in [0, 0.1) is 0 Å². The average Bonchev–Trinajstić information content (AvgIpc) is 2.61. The van der Waals surface area contributed by atoms with E-state index in [4.69, 9.17) is 32.7 Å². The lowest BCUT2D eigenvalue weighted by Crippen LogP contribution is -2.20. The monoisotopic (exact) mass is 403 g/mol. The van der Waals surface area contributed by atoms with E-state index < -0.39 is 16.0 Å². The predicted molar refractivity (Wildman–Crippen MR) is 94.8 cm³/mol. The average molecular weight is 404 g/mol. The number of halogens is 2. The van der Waals surface area contributed by atoms with Crippen molar-refractivity contribution in [1.82, 2.24) is 4.72 Å². The minimum Gasteiger partial charge on any atom is -0.495 e. The SMILES string of the molecule is CNS(=O)(=O)c1cc(C(=O)OCc2ccc(Cl)c(Cl)c2)ccc1OC. The Morgan fingerprint density at radius 1 is 1.12 bits per heavy atom. The number of hydrogen-bond acceptors (Lipinski definition) is 5. The summed E-state index contributed by atoms with van der Waals surface area (Å²) in [6.45, 7) is -0.0319. The maximum atomic E-state index is 12.2. The molecule has 2 aromatic carbocycles. The summed E-state index contributed by atoms with van der Waals surface area (Å²) in [5.41, 5.74) is 0.731. The van der Waals surface area contributed by atoms with Crippen LogP contribution in [0.3, 0.4) is 0 Å². The van der Waals surface area contributed by atoms with Crippen LogP contribution in [0.2, 0.25) is 10.0 Å². The Kier molecular flexibility index (Phi) is 6.29. The highest BCUT2D eigenvalue weighted by molar-refractivity contribution is 7.89. The molecule has 1 N–H and O–H groups in total. The summed E-state index contributed by atoms with van der Waals surface area (Å²) in [5.74, 6) is -0.559. The molecule has 0 spiro atoms. The van der Waals surface area contributed by atoms with E-state index in [-0.39, 0.29) is 22.8 Å². The highest BCUT2D eigenvalue weighted by Gasteiger charge is 2.20. The number of methoxy groups -OCH3 is 1. The summed E-state index contributed by atoms with van der Waals surface area (Å²) in [5, 5.41) is 0.746. The molecular weight excluding hydrogens is 389 g/mol. The molecule has 25 heavy (non-hydrogen) atoms. The van der Waals surface area contributed by atoms with Crippen LogP contribution in [0.4, 0.5) is 0 Å². The van der Waals surface area contributed by atoms with Gasteiger partial charge in [-0.1, -0.05) is 29.3 Å². The molecule has 0 saturated heterocycles. The third-order valence-corrected chi connectivity index (χ3v) is 5.49. The van der Waals surface area contributed by atoms with Crippen LogP contribution in [0.25, 0.3) is 0 Å². The van der Waals surface area contributed by atoms with Gasteiger partial charge in [-0.25, -0.2) is 17.9 Å². The maximum absolute atomic E-state index is 12.2. The Bertz CT molecular complexity index is 899. The van der Waals surface area contributed by atoms with Gasteiger partial charge in [0.05, 0.1) is 22.7 Å². The molecule has 2 aromatic rings. The van der Waals surface area contributed by atoms with E-state index in [1.165, 1.54) is 32.4 Å². The minimum absolute atomic E-state index is 0.0319. The van der Waals surface area contributed by atoms with E-state index >= 15 is 0 Å². The first-order valence-corrected chi connectivity index (χ1v) is 9.25. The van der Waals surface area contributed by atoms with Crippen LogP contribution >= 0.6 is 23.2 Å². The van der Waals surface area contributed by atoms with Crippen molar-refractivity contribution in [3.63, 3.8) is 0 Å². The second kappa shape index (κ2) is 8.05. The molecule has 0 aliphatic rings. The summed E-state index contributed by atoms with van der Waals surface area (Å²) >= 11 is 11.7. The number of esters is 1. The fraction of sp³-hybridized carbons (Fsp3) is 0.188. The third kappa shape index (κ3) is 4.64. The summed E-state index contributed by atoms with van der Waals surface area (Å²) < 4.78 is 36.5. The van der Waals surface area contributed by atoms with Crippen molar-refractivity contribution in [3.8, 4) is 5.75 Å². The summed E-state index contributed by atoms with van der Waals surface area (Å²) in [4.78, 5) is 12.0. The van der Waals surface area contributed by atoms with Crippen molar-refractivity contribution in [1.29, 1.82) is 0 Å². The van der Waals surface area contributed by atoms with E-state index in [0.29, 0.717) is 15.6 Å². The fourth-order valence-electron chi connectivity index (χ4n) is 1.99. The smallest absolute Gasteiger partial charge is 0.338 e. The molecule has 0 radical (unpaired) electrons. The van der Waals surface area contributed by atoms with Crippen molar-refractivity contribution < 1.29 is 22.7 Å². The normalized spacial score (nSPS) is 11.2. The second-order valence-corrected chi connectivity index (χ2v) is 7.57. The predicted octanol–water partition coefficient (Wildman–Crippen LogP) is 3.27. The lowest BCUT2D eigenvalue weighted by Gasteiger charge is -2.11. The zero-order valence-electron chi connectivity index (χ0n) is 13.4. The first-order valence-electron chi connectivity index (χ1n) is 7.01. The van der Waals surface area contributed by atoms with Gasteiger partial charge in [0.1, 0.15) is 17.3 Å². The molecule has 0 aromatic heterocycles. The number of carbonyl (C=O) groups excluding carboxylic acids is 1. The molecule has 0 unspecified atom stereocenters. The van der Waals surface area contributed by atoms with Crippen LogP contribution in [0.15, 0.2) is 41.3 Å². The summed E-state index contributed by atoms with van der Waals surface area (Å²) in [6.07, 6.45) is 0. The van der Waals surface area contributed by atoms with Crippen LogP contribution in [-0.4, -0.2) is 28.5 Å². The third-order valence-electron chi connectivity index (χ3n) is 3.31.